The third-order valence-electron chi connectivity index (χ3n) is 5.33. The summed E-state index contributed by atoms with van der Waals surface area (Å²) in [5.41, 5.74) is 4.14. The number of hydrogen-bond acceptors (Lipinski definition) is 6. The van der Waals surface area contributed by atoms with E-state index in [1.54, 1.807) is 11.0 Å². The summed E-state index contributed by atoms with van der Waals surface area (Å²) < 4.78 is 7.77. The van der Waals surface area contributed by atoms with Gasteiger partial charge in [-0.3, -0.25) is 0 Å². The van der Waals surface area contributed by atoms with Gasteiger partial charge in [0.05, 0.1) is 18.4 Å². The van der Waals surface area contributed by atoms with Crippen molar-refractivity contribution in [3.8, 4) is 5.69 Å². The molecule has 8 heteroatoms. The molecule has 1 heterocycles. The molecule has 0 amide bonds. The number of nitrogens with one attached hydrogen (secondary N) is 1. The van der Waals surface area contributed by atoms with Gasteiger partial charge in [0.2, 0.25) is 0 Å². The van der Waals surface area contributed by atoms with Crippen LogP contribution in [0, 0.1) is 0 Å². The first kappa shape index (κ1) is 24.5. The van der Waals surface area contributed by atoms with Crippen molar-refractivity contribution >= 4 is 12.4 Å². The van der Waals surface area contributed by atoms with Gasteiger partial charge in [-0.05, 0) is 46.2 Å². The molecule has 0 bridgehead atoms. The summed E-state index contributed by atoms with van der Waals surface area (Å²) in [5, 5.41) is 25.1. The average molecular weight is 466 g/mol. The fraction of sp³-hybridized carbons (Fsp3) is 0.240. The predicted molar refractivity (Wildman–Crippen MR) is 130 cm³/mol. The summed E-state index contributed by atoms with van der Waals surface area (Å²) in [6.45, 7) is 2.72. The third kappa shape index (κ3) is 6.69. The van der Waals surface area contributed by atoms with Crippen LogP contribution in [0.2, 0.25) is 0 Å². The number of halogens is 1. The maximum Gasteiger partial charge on any atom is 0.143 e. The zero-order valence-electron chi connectivity index (χ0n) is 18.4. The summed E-state index contributed by atoms with van der Waals surface area (Å²) in [5.74, 6) is 0. The molecule has 0 saturated carbocycles. The molecule has 3 aromatic carbocycles. The van der Waals surface area contributed by atoms with Gasteiger partial charge >= 0.3 is 0 Å². The summed E-state index contributed by atoms with van der Waals surface area (Å²) >= 11 is 0. The highest BCUT2D eigenvalue weighted by Gasteiger charge is 2.17. The van der Waals surface area contributed by atoms with Crippen LogP contribution in [-0.4, -0.2) is 44.6 Å². The molecule has 7 nitrogen and oxygen atoms in total. The molecule has 0 aliphatic heterocycles. The number of aliphatic hydroxyl groups is 1. The Kier molecular flexibility index (Phi) is 9.09. The molecule has 1 aromatic heterocycles. The minimum Gasteiger partial charge on any atom is -0.389 e. The monoisotopic (exact) mass is 465 g/mol. The van der Waals surface area contributed by atoms with Gasteiger partial charge in [0, 0.05) is 12.6 Å². The van der Waals surface area contributed by atoms with Crippen molar-refractivity contribution in [1.82, 2.24) is 25.5 Å². The number of nitrogens with zero attached hydrogens (tertiary/aromatic N) is 4. The summed E-state index contributed by atoms with van der Waals surface area (Å²) in [7, 11) is 0. The van der Waals surface area contributed by atoms with Gasteiger partial charge in [0.15, 0.2) is 0 Å². The standard InChI is InChI=1S/C25H27N5O2.ClH/c1-19(20-12-14-23(15-13-20)30-18-27-28-29-30)26-16-24(31)17-32-25(21-8-4-2-5-9-21)22-10-6-3-7-11-22;/h2-15,18-19,24-26,31H,16-17H2,1H3;1H. The number of aromatic nitrogens is 4. The highest BCUT2D eigenvalue weighted by atomic mass is 35.5. The lowest BCUT2D eigenvalue weighted by molar-refractivity contribution is 0.00578. The number of benzene rings is 3. The number of ether oxygens (including phenoxy) is 1. The van der Waals surface area contributed by atoms with Gasteiger partial charge in [-0.2, -0.15) is 0 Å². The first-order valence-electron chi connectivity index (χ1n) is 10.7. The van der Waals surface area contributed by atoms with Crippen molar-refractivity contribution in [3.63, 3.8) is 0 Å². The highest BCUT2D eigenvalue weighted by Crippen LogP contribution is 2.26. The van der Waals surface area contributed by atoms with Gasteiger partial charge in [-0.15, -0.1) is 17.5 Å². The van der Waals surface area contributed by atoms with E-state index in [9.17, 15) is 5.11 Å². The molecule has 0 radical (unpaired) electrons. The van der Waals surface area contributed by atoms with Crippen molar-refractivity contribution in [2.45, 2.75) is 25.2 Å². The Morgan fingerprint density at radius 2 is 1.48 bits per heavy atom. The zero-order valence-corrected chi connectivity index (χ0v) is 19.2. The first-order chi connectivity index (χ1) is 15.7. The Bertz CT molecular complexity index is 1020. The fourth-order valence-electron chi connectivity index (χ4n) is 3.53. The Morgan fingerprint density at radius 1 is 0.879 bits per heavy atom. The van der Waals surface area contributed by atoms with E-state index >= 15 is 0 Å². The van der Waals surface area contributed by atoms with Crippen LogP contribution in [0.15, 0.2) is 91.3 Å². The minimum atomic E-state index is -0.632. The normalized spacial score (nSPS) is 12.8. The fourth-order valence-corrected chi connectivity index (χ4v) is 3.53. The highest BCUT2D eigenvalue weighted by molar-refractivity contribution is 5.85. The number of tetrazole rings is 1. The van der Waals surface area contributed by atoms with E-state index in [4.69, 9.17) is 4.74 Å². The van der Waals surface area contributed by atoms with E-state index in [1.165, 1.54) is 0 Å². The molecule has 0 aliphatic carbocycles. The maximum atomic E-state index is 10.5. The SMILES string of the molecule is CC(NCC(O)COC(c1ccccc1)c1ccccc1)c1ccc(-n2cnnn2)cc1.Cl. The van der Waals surface area contributed by atoms with E-state index in [0.717, 1.165) is 22.4 Å². The predicted octanol–water partition coefficient (Wildman–Crippen LogP) is 3.90. The quantitative estimate of drug-likeness (QED) is 0.369. The van der Waals surface area contributed by atoms with Crippen molar-refractivity contribution < 1.29 is 9.84 Å². The number of hydrogen-bond donors (Lipinski definition) is 2. The molecule has 0 spiro atoms. The molecule has 0 aliphatic rings. The maximum absolute atomic E-state index is 10.5. The van der Waals surface area contributed by atoms with Gasteiger partial charge in [-0.25, -0.2) is 4.68 Å². The smallest absolute Gasteiger partial charge is 0.143 e. The van der Waals surface area contributed by atoms with E-state index in [2.05, 4.69) is 27.8 Å². The molecule has 0 saturated heterocycles. The summed E-state index contributed by atoms with van der Waals surface area (Å²) in [6, 6.07) is 28.2. The van der Waals surface area contributed by atoms with E-state index < -0.39 is 6.10 Å². The summed E-state index contributed by atoms with van der Waals surface area (Å²) in [4.78, 5) is 0. The van der Waals surface area contributed by atoms with Crippen LogP contribution in [0.3, 0.4) is 0 Å². The Balaban J connectivity index is 0.00000306. The minimum absolute atomic E-state index is 0. The molecule has 2 N–H and O–H groups in total. The molecule has 0 fully saturated rings. The van der Waals surface area contributed by atoms with Gasteiger partial charge in [0.1, 0.15) is 12.4 Å². The molecule has 33 heavy (non-hydrogen) atoms. The van der Waals surface area contributed by atoms with Crippen LogP contribution in [0.1, 0.15) is 35.8 Å². The lowest BCUT2D eigenvalue weighted by Crippen LogP contribution is -2.32. The molecular weight excluding hydrogens is 438 g/mol. The van der Waals surface area contributed by atoms with Crippen molar-refractivity contribution in [2.24, 2.45) is 0 Å². The van der Waals surface area contributed by atoms with Gasteiger partial charge in [0.25, 0.3) is 0 Å². The van der Waals surface area contributed by atoms with Crippen molar-refractivity contribution in [1.29, 1.82) is 0 Å². The number of aliphatic hydroxyl groups excluding tert-OH is 1. The molecule has 172 valence electrons. The topological polar surface area (TPSA) is 85.1 Å². The van der Waals surface area contributed by atoms with E-state index in [-0.39, 0.29) is 31.2 Å². The second-order valence-corrected chi connectivity index (χ2v) is 7.66. The zero-order chi connectivity index (χ0) is 22.2. The Morgan fingerprint density at radius 3 is 2.03 bits per heavy atom. The molecule has 2 unspecified atom stereocenters. The third-order valence-corrected chi connectivity index (χ3v) is 5.33. The lowest BCUT2D eigenvalue weighted by Gasteiger charge is -2.22. The molecule has 4 aromatic rings. The van der Waals surface area contributed by atoms with Crippen LogP contribution < -0.4 is 5.32 Å². The van der Waals surface area contributed by atoms with Crippen molar-refractivity contribution in [3.05, 3.63) is 108 Å². The molecule has 2 atom stereocenters. The summed E-state index contributed by atoms with van der Waals surface area (Å²) in [6.07, 6.45) is 0.710. The molecular formula is C25H28ClN5O2. The Hall–Kier alpha value is -3.10. The van der Waals surface area contributed by atoms with Gasteiger partial charge < -0.3 is 15.2 Å². The van der Waals surface area contributed by atoms with Crippen LogP contribution in [0.4, 0.5) is 0 Å². The van der Waals surface area contributed by atoms with Gasteiger partial charge in [-0.1, -0.05) is 72.8 Å². The van der Waals surface area contributed by atoms with Crippen LogP contribution in [0.5, 0.6) is 0 Å². The van der Waals surface area contributed by atoms with Crippen LogP contribution in [0.25, 0.3) is 5.69 Å². The molecule has 4 rings (SSSR count). The second-order valence-electron chi connectivity index (χ2n) is 7.66. The second kappa shape index (κ2) is 12.2. The van der Waals surface area contributed by atoms with Crippen molar-refractivity contribution in [2.75, 3.05) is 13.2 Å². The van der Waals surface area contributed by atoms with E-state index in [1.807, 2.05) is 84.9 Å². The van der Waals surface area contributed by atoms with E-state index in [0.29, 0.717) is 6.54 Å². The largest absolute Gasteiger partial charge is 0.389 e. The van der Waals surface area contributed by atoms with Crippen LogP contribution in [-0.2, 0) is 4.74 Å². The number of rotatable bonds is 10. The Labute approximate surface area is 199 Å². The lowest BCUT2D eigenvalue weighted by atomic mass is 10.0. The first-order valence-corrected chi connectivity index (χ1v) is 10.7. The average Bonchev–Trinajstić information content (AvgIpc) is 3.39. The van der Waals surface area contributed by atoms with Crippen LogP contribution >= 0.6 is 12.4 Å².